The Morgan fingerprint density at radius 3 is 2.80 bits per heavy atom. The summed E-state index contributed by atoms with van der Waals surface area (Å²) in [6.45, 7) is 4.80. The third-order valence-corrected chi connectivity index (χ3v) is 4.82. The molecule has 1 aliphatic heterocycles. The van der Waals surface area contributed by atoms with Gasteiger partial charge >= 0.3 is 0 Å². The zero-order valence-electron chi connectivity index (χ0n) is 9.91. The van der Waals surface area contributed by atoms with Gasteiger partial charge in [0.15, 0.2) is 0 Å². The van der Waals surface area contributed by atoms with Crippen LogP contribution in [-0.4, -0.2) is 36.1 Å². The number of piperidine rings is 1. The van der Waals surface area contributed by atoms with E-state index in [1.54, 1.807) is 0 Å². The molecule has 86 valence electrons. The number of hydrogen-bond acceptors (Lipinski definition) is 2. The highest BCUT2D eigenvalue weighted by molar-refractivity contribution is 5.00. The summed E-state index contributed by atoms with van der Waals surface area (Å²) in [6, 6.07) is 2.63. The summed E-state index contributed by atoms with van der Waals surface area (Å²) < 4.78 is 0. The number of likely N-dealkylation sites (N-methyl/N-ethyl adjacent to an activating group) is 1. The fraction of sp³-hybridized carbons (Fsp3) is 1.00. The van der Waals surface area contributed by atoms with Crippen molar-refractivity contribution in [3.8, 4) is 0 Å². The maximum absolute atomic E-state index is 3.69. The fourth-order valence-corrected chi connectivity index (χ4v) is 4.21. The minimum absolute atomic E-state index is 0.800. The molecule has 0 amide bonds. The monoisotopic (exact) mass is 208 g/mol. The number of rotatable bonds is 3. The van der Waals surface area contributed by atoms with Crippen LogP contribution in [0.3, 0.4) is 0 Å². The van der Waals surface area contributed by atoms with E-state index in [0.717, 1.165) is 30.6 Å². The highest BCUT2D eigenvalue weighted by atomic mass is 15.2. The van der Waals surface area contributed by atoms with Gasteiger partial charge in [-0.05, 0) is 44.6 Å². The third kappa shape index (κ3) is 1.72. The molecule has 1 N–H and O–H groups in total. The zero-order valence-corrected chi connectivity index (χ0v) is 9.91. The Kier molecular flexibility index (Phi) is 2.73. The fourth-order valence-electron chi connectivity index (χ4n) is 4.21. The summed E-state index contributed by atoms with van der Waals surface area (Å²) in [5.74, 6) is 1.05. The lowest BCUT2D eigenvalue weighted by Gasteiger charge is -2.36. The standard InChI is InChI=1S/C13H24N2/c1-2-14-12-4-3-5-13(12)15-9-10-6-7-11(15)8-10/h10-14H,2-9H2,1H3. The first-order valence-electron chi connectivity index (χ1n) is 6.87. The van der Waals surface area contributed by atoms with E-state index in [1.165, 1.54) is 45.1 Å². The van der Waals surface area contributed by atoms with E-state index in [2.05, 4.69) is 17.1 Å². The molecular formula is C13H24N2. The SMILES string of the molecule is CCNC1CCCC1N1CC2CCC1C2. The quantitative estimate of drug-likeness (QED) is 0.763. The van der Waals surface area contributed by atoms with Gasteiger partial charge < -0.3 is 5.32 Å². The van der Waals surface area contributed by atoms with Crippen LogP contribution in [-0.2, 0) is 0 Å². The molecule has 0 radical (unpaired) electrons. The number of fused-ring (bicyclic) bond motifs is 2. The number of likely N-dealkylation sites (tertiary alicyclic amines) is 1. The van der Waals surface area contributed by atoms with Crippen LogP contribution in [0.25, 0.3) is 0 Å². The molecule has 3 fully saturated rings. The Bertz CT molecular complexity index is 229. The summed E-state index contributed by atoms with van der Waals surface area (Å²) in [7, 11) is 0. The van der Waals surface area contributed by atoms with Crippen LogP contribution in [0.15, 0.2) is 0 Å². The Balaban J connectivity index is 1.66. The van der Waals surface area contributed by atoms with Crippen molar-refractivity contribution < 1.29 is 0 Å². The number of nitrogens with zero attached hydrogens (tertiary/aromatic N) is 1. The Labute approximate surface area is 93.4 Å². The summed E-state index contributed by atoms with van der Waals surface area (Å²) in [5.41, 5.74) is 0. The molecule has 0 spiro atoms. The lowest BCUT2D eigenvalue weighted by Crippen LogP contribution is -2.49. The molecule has 2 saturated carbocycles. The van der Waals surface area contributed by atoms with Crippen LogP contribution in [0.2, 0.25) is 0 Å². The van der Waals surface area contributed by atoms with E-state index in [0.29, 0.717) is 0 Å². The maximum Gasteiger partial charge on any atom is 0.0252 e. The third-order valence-electron chi connectivity index (χ3n) is 4.82. The minimum Gasteiger partial charge on any atom is -0.313 e. The predicted molar refractivity (Wildman–Crippen MR) is 62.9 cm³/mol. The molecule has 1 saturated heterocycles. The van der Waals surface area contributed by atoms with Gasteiger partial charge in [0, 0.05) is 24.7 Å². The van der Waals surface area contributed by atoms with E-state index < -0.39 is 0 Å². The van der Waals surface area contributed by atoms with Gasteiger partial charge in [0.25, 0.3) is 0 Å². The van der Waals surface area contributed by atoms with Crippen molar-refractivity contribution >= 4 is 0 Å². The second kappa shape index (κ2) is 4.06. The smallest absolute Gasteiger partial charge is 0.0252 e. The molecular weight excluding hydrogens is 184 g/mol. The van der Waals surface area contributed by atoms with Crippen LogP contribution in [0.4, 0.5) is 0 Å². The van der Waals surface area contributed by atoms with E-state index in [4.69, 9.17) is 0 Å². The van der Waals surface area contributed by atoms with Gasteiger partial charge in [0.05, 0.1) is 0 Å². The molecule has 4 atom stereocenters. The second-order valence-corrected chi connectivity index (χ2v) is 5.69. The van der Waals surface area contributed by atoms with Gasteiger partial charge in [-0.3, -0.25) is 4.90 Å². The van der Waals surface area contributed by atoms with Crippen LogP contribution in [0.5, 0.6) is 0 Å². The molecule has 1 heterocycles. The van der Waals surface area contributed by atoms with Gasteiger partial charge in [-0.1, -0.05) is 13.3 Å². The Morgan fingerprint density at radius 2 is 2.13 bits per heavy atom. The first kappa shape index (κ1) is 10.1. The molecule has 2 nitrogen and oxygen atoms in total. The van der Waals surface area contributed by atoms with Crippen LogP contribution >= 0.6 is 0 Å². The van der Waals surface area contributed by atoms with Crippen molar-refractivity contribution in [3.05, 3.63) is 0 Å². The molecule has 15 heavy (non-hydrogen) atoms. The molecule has 2 bridgehead atoms. The molecule has 0 aromatic heterocycles. The van der Waals surface area contributed by atoms with Crippen molar-refractivity contribution in [2.75, 3.05) is 13.1 Å². The average molecular weight is 208 g/mol. The van der Waals surface area contributed by atoms with Crippen LogP contribution < -0.4 is 5.32 Å². The van der Waals surface area contributed by atoms with Crippen LogP contribution in [0.1, 0.15) is 45.4 Å². The van der Waals surface area contributed by atoms with E-state index in [1.807, 2.05) is 0 Å². The maximum atomic E-state index is 3.69. The highest BCUT2D eigenvalue weighted by Crippen LogP contribution is 2.41. The summed E-state index contributed by atoms with van der Waals surface area (Å²) in [4.78, 5) is 2.86. The van der Waals surface area contributed by atoms with Crippen molar-refractivity contribution in [1.29, 1.82) is 0 Å². The van der Waals surface area contributed by atoms with Crippen molar-refractivity contribution in [1.82, 2.24) is 10.2 Å². The van der Waals surface area contributed by atoms with Gasteiger partial charge in [-0.25, -0.2) is 0 Å². The van der Waals surface area contributed by atoms with Gasteiger partial charge in [0.2, 0.25) is 0 Å². The zero-order chi connectivity index (χ0) is 10.3. The number of nitrogens with one attached hydrogen (secondary N) is 1. The molecule has 3 aliphatic rings. The molecule has 2 heteroatoms. The normalized spacial score (nSPS) is 45.4. The molecule has 0 aromatic rings. The molecule has 0 aromatic carbocycles. The van der Waals surface area contributed by atoms with Gasteiger partial charge in [-0.15, -0.1) is 0 Å². The molecule has 2 aliphatic carbocycles. The van der Waals surface area contributed by atoms with Crippen molar-refractivity contribution in [2.45, 2.75) is 63.6 Å². The minimum atomic E-state index is 0.800. The Hall–Kier alpha value is -0.0800. The second-order valence-electron chi connectivity index (χ2n) is 5.69. The lowest BCUT2D eigenvalue weighted by atomic mass is 10.0. The topological polar surface area (TPSA) is 15.3 Å². The van der Waals surface area contributed by atoms with E-state index in [-0.39, 0.29) is 0 Å². The van der Waals surface area contributed by atoms with E-state index >= 15 is 0 Å². The summed E-state index contributed by atoms with van der Waals surface area (Å²) in [6.07, 6.45) is 8.80. The van der Waals surface area contributed by atoms with Crippen molar-refractivity contribution in [3.63, 3.8) is 0 Å². The van der Waals surface area contributed by atoms with Gasteiger partial charge in [0.1, 0.15) is 0 Å². The van der Waals surface area contributed by atoms with Crippen molar-refractivity contribution in [2.24, 2.45) is 5.92 Å². The van der Waals surface area contributed by atoms with E-state index in [9.17, 15) is 0 Å². The largest absolute Gasteiger partial charge is 0.313 e. The lowest BCUT2D eigenvalue weighted by molar-refractivity contribution is 0.131. The Morgan fingerprint density at radius 1 is 1.20 bits per heavy atom. The molecule has 4 unspecified atom stereocenters. The number of hydrogen-bond donors (Lipinski definition) is 1. The summed E-state index contributed by atoms with van der Waals surface area (Å²) in [5, 5.41) is 3.69. The first-order valence-corrected chi connectivity index (χ1v) is 6.87. The predicted octanol–water partition coefficient (Wildman–Crippen LogP) is 2.00. The average Bonchev–Trinajstić information content (AvgIpc) is 2.91. The summed E-state index contributed by atoms with van der Waals surface area (Å²) >= 11 is 0. The molecule has 3 rings (SSSR count). The van der Waals surface area contributed by atoms with Gasteiger partial charge in [-0.2, -0.15) is 0 Å². The van der Waals surface area contributed by atoms with Crippen LogP contribution in [0, 0.1) is 5.92 Å². The first-order chi connectivity index (χ1) is 7.38. The highest BCUT2D eigenvalue weighted by Gasteiger charge is 2.44.